The molecule has 2 aromatic rings. The van der Waals surface area contributed by atoms with Crippen molar-refractivity contribution >= 4 is 47.0 Å². The number of ketones is 2. The van der Waals surface area contributed by atoms with Gasteiger partial charge in [0.25, 0.3) is 18.2 Å². The van der Waals surface area contributed by atoms with E-state index in [2.05, 4.69) is 10.6 Å². The number of nitrogens with one attached hydrogen (secondary N) is 2. The molecule has 0 radical (unpaired) electrons. The molecule has 0 saturated carbocycles. The van der Waals surface area contributed by atoms with Crippen LogP contribution in [0.15, 0.2) is 36.4 Å². The molecule has 13 nitrogen and oxygen atoms in total. The van der Waals surface area contributed by atoms with Gasteiger partial charge in [0.05, 0.1) is 0 Å². The van der Waals surface area contributed by atoms with Crippen molar-refractivity contribution in [1.29, 1.82) is 0 Å². The fourth-order valence-corrected chi connectivity index (χ4v) is 6.70. The number of hydrogen-bond acceptors (Lipinski definition) is 9. The molecule has 3 N–H and O–H groups in total. The van der Waals surface area contributed by atoms with E-state index in [-0.39, 0.29) is 81.7 Å². The fraction of sp³-hybridized carbons (Fsp3) is 0.459. The van der Waals surface area contributed by atoms with Gasteiger partial charge in [-0.15, -0.1) is 0 Å². The summed E-state index contributed by atoms with van der Waals surface area (Å²) in [6.45, 7) is 2.16. The largest absolute Gasteiger partial charge is 0.384 e. The molecular weight excluding hydrogens is 720 g/mol. The zero-order chi connectivity index (χ0) is 39.7. The quantitative estimate of drug-likeness (QED) is 0.229. The fourth-order valence-electron chi connectivity index (χ4n) is 6.70. The lowest BCUT2D eigenvalue weighted by Crippen LogP contribution is -2.52. The van der Waals surface area contributed by atoms with Crippen LogP contribution in [0.1, 0.15) is 95.3 Å². The van der Waals surface area contributed by atoms with Crippen LogP contribution in [0.2, 0.25) is 0 Å². The van der Waals surface area contributed by atoms with Gasteiger partial charge in [0.1, 0.15) is 17.7 Å². The summed E-state index contributed by atoms with van der Waals surface area (Å²) in [4.78, 5) is 97.4. The summed E-state index contributed by atoms with van der Waals surface area (Å²) < 4.78 is 52.3. The molecule has 0 aromatic heterocycles. The number of Topliss-reactive ketones (excluding diaryl/α,β-unsaturated/α-hetero) is 2. The molecule has 54 heavy (non-hydrogen) atoms. The Balaban J connectivity index is 0.000000210. The molecule has 2 unspecified atom stereocenters. The van der Waals surface area contributed by atoms with Gasteiger partial charge in [-0.05, 0) is 73.9 Å². The molecule has 0 aliphatic carbocycles. The lowest BCUT2D eigenvalue weighted by molar-refractivity contribution is -0.180. The molecule has 2 saturated heterocycles. The molecule has 2 fully saturated rings. The first-order valence-electron chi connectivity index (χ1n) is 17.3. The van der Waals surface area contributed by atoms with Gasteiger partial charge in [0.2, 0.25) is 29.4 Å². The Morgan fingerprint density at radius 1 is 0.759 bits per heavy atom. The number of piperidine rings is 2. The van der Waals surface area contributed by atoms with Crippen LogP contribution in [0.25, 0.3) is 0 Å². The highest BCUT2D eigenvalue weighted by molar-refractivity contribution is 6.06. The average molecular weight is 759 g/mol. The molecule has 2 atom stereocenters. The highest BCUT2D eigenvalue weighted by Gasteiger charge is 2.51. The summed E-state index contributed by atoms with van der Waals surface area (Å²) in [5.41, 5.74) is 1.03. The Kier molecular flexibility index (Phi) is 11.5. The first-order chi connectivity index (χ1) is 25.3. The van der Waals surface area contributed by atoms with Crippen molar-refractivity contribution in [3.63, 3.8) is 0 Å². The molecule has 17 heteroatoms. The lowest BCUT2D eigenvalue weighted by atomic mass is 9.93. The number of aryl methyl sites for hydroxylation is 2. The van der Waals surface area contributed by atoms with E-state index < -0.39 is 59.8 Å². The Hall–Kier alpha value is -5.32. The van der Waals surface area contributed by atoms with Crippen LogP contribution in [0.4, 0.5) is 17.6 Å². The van der Waals surface area contributed by atoms with Crippen molar-refractivity contribution < 1.29 is 61.0 Å². The Morgan fingerprint density at radius 3 is 1.57 bits per heavy atom. The standard InChI is InChI=1S/C20H22F2N2O5.C17H16F2N2O4/c1-19(2,29)20(21,22)15(25)7-4-11-3-5-13-12(9-11)10-24(18(13)28)14-6-8-16(26)23-17(14)27;18-15(19)13(22)5-2-9-1-3-11-10(7-9)8-21(17(11)25)12-4-6-14(23)20-16(12)24/h3,5,9,14,29H,4,6-8,10H2,1-2H3,(H,23,26,27);1,3,7,12,15H,2,4-6,8H2,(H,20,23,24). The van der Waals surface area contributed by atoms with Crippen LogP contribution in [0.3, 0.4) is 0 Å². The highest BCUT2D eigenvalue weighted by atomic mass is 19.3. The van der Waals surface area contributed by atoms with Crippen molar-refractivity contribution in [2.45, 2.75) is 108 Å². The predicted molar refractivity (Wildman–Crippen MR) is 179 cm³/mol. The molecule has 0 spiro atoms. The van der Waals surface area contributed by atoms with E-state index >= 15 is 0 Å². The maximum absolute atomic E-state index is 13.9. The van der Waals surface area contributed by atoms with Crippen LogP contribution in [0.5, 0.6) is 0 Å². The molecule has 6 rings (SSSR count). The second-order valence-corrected chi connectivity index (χ2v) is 14.1. The second-order valence-electron chi connectivity index (χ2n) is 14.1. The van der Waals surface area contributed by atoms with Crippen LogP contribution >= 0.6 is 0 Å². The van der Waals surface area contributed by atoms with Crippen molar-refractivity contribution in [3.05, 3.63) is 69.8 Å². The van der Waals surface area contributed by atoms with Gasteiger partial charge in [-0.3, -0.25) is 49.0 Å². The van der Waals surface area contributed by atoms with Crippen LogP contribution in [-0.2, 0) is 54.7 Å². The number of amides is 6. The van der Waals surface area contributed by atoms with Crippen molar-refractivity contribution in [1.82, 2.24) is 20.4 Å². The summed E-state index contributed by atoms with van der Waals surface area (Å²) in [5.74, 6) is -8.66. The molecule has 288 valence electrons. The van der Waals surface area contributed by atoms with E-state index in [0.29, 0.717) is 33.4 Å². The third kappa shape index (κ3) is 8.40. The van der Waals surface area contributed by atoms with Crippen molar-refractivity contribution in [3.8, 4) is 0 Å². The van der Waals surface area contributed by atoms with Crippen LogP contribution < -0.4 is 10.6 Å². The lowest BCUT2D eigenvalue weighted by Gasteiger charge is -2.29. The number of alkyl halides is 4. The maximum Gasteiger partial charge on any atom is 0.332 e. The molecule has 2 aromatic carbocycles. The number of benzene rings is 2. The molecule has 0 bridgehead atoms. The smallest absolute Gasteiger partial charge is 0.332 e. The third-order valence-electron chi connectivity index (χ3n) is 9.84. The third-order valence-corrected chi connectivity index (χ3v) is 9.84. The number of nitrogens with zero attached hydrogens (tertiary/aromatic N) is 2. The predicted octanol–water partition coefficient (Wildman–Crippen LogP) is 2.57. The van der Waals surface area contributed by atoms with E-state index in [0.717, 1.165) is 13.8 Å². The number of hydrogen-bond donors (Lipinski definition) is 3. The average Bonchev–Trinajstić information content (AvgIpc) is 3.60. The number of aliphatic hydroxyl groups is 1. The molecule has 4 heterocycles. The molecule has 6 amide bonds. The van der Waals surface area contributed by atoms with Crippen LogP contribution in [-0.4, -0.2) is 91.9 Å². The number of carbonyl (C=O) groups excluding carboxylic acids is 8. The Labute approximate surface area is 306 Å². The summed E-state index contributed by atoms with van der Waals surface area (Å²) in [5, 5.41) is 13.9. The number of halogens is 4. The van der Waals surface area contributed by atoms with Gasteiger partial charge in [0.15, 0.2) is 5.78 Å². The molecule has 4 aliphatic rings. The van der Waals surface area contributed by atoms with Gasteiger partial charge in [-0.2, -0.15) is 8.78 Å². The molecule has 4 aliphatic heterocycles. The second kappa shape index (κ2) is 15.6. The zero-order valence-electron chi connectivity index (χ0n) is 29.4. The highest BCUT2D eigenvalue weighted by Crippen LogP contribution is 2.32. The monoisotopic (exact) mass is 758 g/mol. The minimum Gasteiger partial charge on any atom is -0.384 e. The van der Waals surface area contributed by atoms with E-state index in [9.17, 15) is 61.0 Å². The maximum atomic E-state index is 13.9. The zero-order valence-corrected chi connectivity index (χ0v) is 29.4. The van der Waals surface area contributed by atoms with E-state index in [1.807, 2.05) is 0 Å². The normalized spacial score (nSPS) is 20.0. The number of rotatable bonds is 11. The summed E-state index contributed by atoms with van der Waals surface area (Å²) in [7, 11) is 0. The van der Waals surface area contributed by atoms with Gasteiger partial charge >= 0.3 is 5.92 Å². The first kappa shape index (κ1) is 39.9. The first-order valence-corrected chi connectivity index (χ1v) is 17.3. The summed E-state index contributed by atoms with van der Waals surface area (Å²) >= 11 is 0. The van der Waals surface area contributed by atoms with Gasteiger partial charge in [-0.1, -0.05) is 24.3 Å². The van der Waals surface area contributed by atoms with Gasteiger partial charge < -0.3 is 14.9 Å². The number of carbonyl (C=O) groups is 8. The van der Waals surface area contributed by atoms with E-state index in [4.69, 9.17) is 0 Å². The minimum absolute atomic E-state index is 0.0321. The Morgan fingerprint density at radius 2 is 1.19 bits per heavy atom. The van der Waals surface area contributed by atoms with E-state index in [1.54, 1.807) is 36.4 Å². The SMILES string of the molecule is CC(C)(O)C(F)(F)C(=O)CCc1ccc2c(c1)CN(C1CCC(=O)NC1=O)C2=O.O=C1CCC(N2Cc3cc(CCC(=O)C(F)F)ccc3C2=O)C(=O)N1. The number of fused-ring (bicyclic) bond motifs is 2. The summed E-state index contributed by atoms with van der Waals surface area (Å²) in [6, 6.07) is 8.30. The van der Waals surface area contributed by atoms with Crippen molar-refractivity contribution in [2.24, 2.45) is 0 Å². The van der Waals surface area contributed by atoms with Gasteiger partial charge in [0, 0.05) is 49.9 Å². The number of imide groups is 2. The van der Waals surface area contributed by atoms with Crippen LogP contribution in [0, 0.1) is 0 Å². The van der Waals surface area contributed by atoms with E-state index in [1.165, 1.54) is 9.80 Å². The topological polar surface area (TPSA) is 187 Å². The van der Waals surface area contributed by atoms with Gasteiger partial charge in [-0.25, -0.2) is 8.78 Å². The Bertz CT molecular complexity index is 1930. The molecular formula is C37H38F4N4O9. The minimum atomic E-state index is -3.86. The summed E-state index contributed by atoms with van der Waals surface area (Å²) in [6.07, 6.45) is -2.64. The van der Waals surface area contributed by atoms with Crippen molar-refractivity contribution in [2.75, 3.05) is 0 Å².